The van der Waals surface area contributed by atoms with E-state index in [2.05, 4.69) is 5.32 Å². The number of benzene rings is 3. The van der Waals surface area contributed by atoms with Crippen molar-refractivity contribution in [1.29, 1.82) is 0 Å². The van der Waals surface area contributed by atoms with Crippen LogP contribution in [-0.2, 0) is 17.9 Å². The number of carbonyl (C=O) groups excluding carboxylic acids is 2. The van der Waals surface area contributed by atoms with Crippen molar-refractivity contribution >= 4 is 18.0 Å². The number of imide groups is 1. The topological polar surface area (TPSA) is 67.9 Å². The molecule has 1 N–H and O–H groups in total. The highest BCUT2D eigenvalue weighted by atomic mass is 19.1. The summed E-state index contributed by atoms with van der Waals surface area (Å²) in [4.78, 5) is 26.1. The molecule has 0 saturated carbocycles. The third-order valence-corrected chi connectivity index (χ3v) is 5.23. The Labute approximate surface area is 191 Å². The minimum absolute atomic E-state index is 0.0530. The van der Waals surface area contributed by atoms with Crippen molar-refractivity contribution in [3.63, 3.8) is 0 Å². The molecule has 4 rings (SSSR count). The number of ether oxygens (including phenoxy) is 2. The number of rotatable bonds is 7. The fourth-order valence-electron chi connectivity index (χ4n) is 3.39. The molecule has 33 heavy (non-hydrogen) atoms. The molecule has 0 atom stereocenters. The van der Waals surface area contributed by atoms with Crippen molar-refractivity contribution in [2.75, 3.05) is 7.11 Å². The molecule has 0 radical (unpaired) electrons. The van der Waals surface area contributed by atoms with Crippen molar-refractivity contribution in [3.8, 4) is 11.5 Å². The molecule has 1 saturated heterocycles. The SMILES string of the molecule is COc1cc(/C=C2/NC(=O)N(Cc3ccc(F)cc3)C2=O)ccc1OCc1ccc(C)cc1. The van der Waals surface area contributed by atoms with Gasteiger partial charge in [0, 0.05) is 0 Å². The molecule has 1 fully saturated rings. The summed E-state index contributed by atoms with van der Waals surface area (Å²) >= 11 is 0. The minimum atomic E-state index is -0.527. The lowest BCUT2D eigenvalue weighted by Crippen LogP contribution is -2.30. The largest absolute Gasteiger partial charge is 0.493 e. The average Bonchev–Trinajstić information content (AvgIpc) is 3.07. The molecule has 0 bridgehead atoms. The van der Waals surface area contributed by atoms with Gasteiger partial charge < -0.3 is 14.8 Å². The van der Waals surface area contributed by atoms with Gasteiger partial charge in [0.05, 0.1) is 13.7 Å². The fourth-order valence-corrected chi connectivity index (χ4v) is 3.39. The van der Waals surface area contributed by atoms with Gasteiger partial charge in [-0.2, -0.15) is 0 Å². The van der Waals surface area contributed by atoms with Gasteiger partial charge in [-0.25, -0.2) is 9.18 Å². The molecular weight excluding hydrogens is 423 g/mol. The smallest absolute Gasteiger partial charge is 0.329 e. The Morgan fingerprint density at radius 3 is 2.33 bits per heavy atom. The van der Waals surface area contributed by atoms with Crippen LogP contribution in [0.25, 0.3) is 6.08 Å². The standard InChI is InChI=1S/C26H23FN2O4/c1-17-3-5-19(6-4-17)16-33-23-12-9-20(14-24(23)32-2)13-22-25(30)29(26(31)28-22)15-18-7-10-21(27)11-8-18/h3-14H,15-16H2,1-2H3,(H,28,31)/b22-13+. The highest BCUT2D eigenvalue weighted by Crippen LogP contribution is 2.30. The maximum Gasteiger partial charge on any atom is 0.329 e. The normalized spacial score (nSPS) is 14.5. The first-order valence-electron chi connectivity index (χ1n) is 10.4. The van der Waals surface area contributed by atoms with Crippen LogP contribution >= 0.6 is 0 Å². The van der Waals surface area contributed by atoms with E-state index in [1.54, 1.807) is 24.3 Å². The maximum absolute atomic E-state index is 13.1. The van der Waals surface area contributed by atoms with Gasteiger partial charge in [-0.3, -0.25) is 9.69 Å². The molecule has 1 aliphatic heterocycles. The highest BCUT2D eigenvalue weighted by Gasteiger charge is 2.33. The second-order valence-electron chi connectivity index (χ2n) is 7.69. The van der Waals surface area contributed by atoms with Gasteiger partial charge in [0.2, 0.25) is 0 Å². The summed E-state index contributed by atoms with van der Waals surface area (Å²) < 4.78 is 24.4. The van der Waals surface area contributed by atoms with E-state index in [0.717, 1.165) is 10.5 Å². The second kappa shape index (κ2) is 9.56. The zero-order chi connectivity index (χ0) is 23.4. The molecule has 7 heteroatoms. The van der Waals surface area contributed by atoms with Crippen LogP contribution in [0, 0.1) is 12.7 Å². The molecule has 1 aliphatic rings. The Kier molecular flexibility index (Phi) is 6.40. The van der Waals surface area contributed by atoms with Crippen LogP contribution in [0.15, 0.2) is 72.4 Å². The predicted octanol–water partition coefficient (Wildman–Crippen LogP) is 4.81. The first kappa shape index (κ1) is 22.1. The van der Waals surface area contributed by atoms with E-state index in [0.29, 0.717) is 29.2 Å². The Morgan fingerprint density at radius 2 is 1.64 bits per heavy atom. The highest BCUT2D eigenvalue weighted by molar-refractivity contribution is 6.13. The molecule has 3 amide bonds. The summed E-state index contributed by atoms with van der Waals surface area (Å²) in [6.07, 6.45) is 1.58. The molecule has 3 aromatic rings. The maximum atomic E-state index is 13.1. The summed E-state index contributed by atoms with van der Waals surface area (Å²) in [6, 6.07) is 18.5. The Morgan fingerprint density at radius 1 is 0.939 bits per heavy atom. The monoisotopic (exact) mass is 446 g/mol. The Hall–Kier alpha value is -4.13. The number of halogens is 1. The lowest BCUT2D eigenvalue weighted by atomic mass is 10.1. The number of urea groups is 1. The number of carbonyl (C=O) groups is 2. The van der Waals surface area contributed by atoms with Crippen LogP contribution in [0.4, 0.5) is 9.18 Å². The summed E-state index contributed by atoms with van der Waals surface area (Å²) in [5, 5.41) is 2.59. The first-order chi connectivity index (χ1) is 15.9. The third kappa shape index (κ3) is 5.20. The van der Waals surface area contributed by atoms with Gasteiger partial charge in [0.25, 0.3) is 5.91 Å². The number of aryl methyl sites for hydroxylation is 1. The van der Waals surface area contributed by atoms with E-state index >= 15 is 0 Å². The third-order valence-electron chi connectivity index (χ3n) is 5.23. The van der Waals surface area contributed by atoms with Crippen molar-refractivity contribution in [1.82, 2.24) is 10.2 Å². The average molecular weight is 446 g/mol. The number of nitrogens with one attached hydrogen (secondary N) is 1. The van der Waals surface area contributed by atoms with E-state index in [9.17, 15) is 14.0 Å². The molecule has 0 unspecified atom stereocenters. The van der Waals surface area contributed by atoms with E-state index < -0.39 is 11.9 Å². The molecule has 0 spiro atoms. The summed E-state index contributed by atoms with van der Waals surface area (Å²) in [7, 11) is 1.54. The zero-order valence-electron chi connectivity index (χ0n) is 18.3. The van der Waals surface area contributed by atoms with E-state index in [4.69, 9.17) is 9.47 Å². The molecule has 6 nitrogen and oxygen atoms in total. The summed E-state index contributed by atoms with van der Waals surface area (Å²) in [5.41, 5.74) is 3.69. The van der Waals surface area contributed by atoms with Crippen LogP contribution in [0.2, 0.25) is 0 Å². The number of nitrogens with zero attached hydrogens (tertiary/aromatic N) is 1. The van der Waals surface area contributed by atoms with Crippen molar-refractivity contribution in [2.24, 2.45) is 0 Å². The van der Waals surface area contributed by atoms with Crippen LogP contribution in [0.3, 0.4) is 0 Å². The van der Waals surface area contributed by atoms with Crippen LogP contribution < -0.4 is 14.8 Å². The van der Waals surface area contributed by atoms with E-state index in [1.165, 1.54) is 36.9 Å². The van der Waals surface area contributed by atoms with Gasteiger partial charge in [-0.15, -0.1) is 0 Å². The van der Waals surface area contributed by atoms with E-state index in [1.807, 2.05) is 31.2 Å². The Bertz CT molecular complexity index is 1200. The summed E-state index contributed by atoms with van der Waals surface area (Å²) in [5.74, 6) is 0.246. The van der Waals surface area contributed by atoms with Gasteiger partial charge in [-0.1, -0.05) is 48.0 Å². The van der Waals surface area contributed by atoms with Crippen LogP contribution in [0.5, 0.6) is 11.5 Å². The van der Waals surface area contributed by atoms with Crippen LogP contribution in [-0.4, -0.2) is 23.9 Å². The lowest BCUT2D eigenvalue weighted by Gasteiger charge is -2.12. The van der Waals surface area contributed by atoms with Crippen molar-refractivity contribution in [2.45, 2.75) is 20.1 Å². The fraction of sp³-hybridized carbons (Fsp3) is 0.154. The molecule has 0 aromatic heterocycles. The number of methoxy groups -OCH3 is 1. The first-order valence-corrected chi connectivity index (χ1v) is 10.4. The van der Waals surface area contributed by atoms with Crippen molar-refractivity contribution in [3.05, 3.63) is 100 Å². The molecule has 1 heterocycles. The molecule has 3 aromatic carbocycles. The number of amides is 3. The number of hydrogen-bond donors (Lipinski definition) is 1. The summed E-state index contributed by atoms with van der Waals surface area (Å²) in [6.45, 7) is 2.47. The molecular formula is C26H23FN2O4. The quantitative estimate of drug-likeness (QED) is 0.418. The zero-order valence-corrected chi connectivity index (χ0v) is 18.3. The molecule has 0 aliphatic carbocycles. The minimum Gasteiger partial charge on any atom is -0.493 e. The van der Waals surface area contributed by atoms with E-state index in [-0.39, 0.29) is 18.1 Å². The Balaban J connectivity index is 1.47. The van der Waals surface area contributed by atoms with Gasteiger partial charge in [0.1, 0.15) is 18.1 Å². The van der Waals surface area contributed by atoms with Gasteiger partial charge in [0.15, 0.2) is 11.5 Å². The predicted molar refractivity (Wildman–Crippen MR) is 122 cm³/mol. The number of hydrogen-bond acceptors (Lipinski definition) is 4. The van der Waals surface area contributed by atoms with Gasteiger partial charge in [-0.05, 0) is 54.0 Å². The lowest BCUT2D eigenvalue weighted by molar-refractivity contribution is -0.123. The second-order valence-corrected chi connectivity index (χ2v) is 7.69. The van der Waals surface area contributed by atoms with Gasteiger partial charge >= 0.3 is 6.03 Å². The molecule has 168 valence electrons. The van der Waals surface area contributed by atoms with Crippen molar-refractivity contribution < 1.29 is 23.5 Å². The van der Waals surface area contributed by atoms with Crippen LogP contribution in [0.1, 0.15) is 22.3 Å².